The van der Waals surface area contributed by atoms with Crippen molar-refractivity contribution in [3.8, 4) is 0 Å². The smallest absolute Gasteiger partial charge is 0.306 e. The van der Waals surface area contributed by atoms with Gasteiger partial charge >= 0.3 is 5.97 Å². The van der Waals surface area contributed by atoms with Gasteiger partial charge < -0.3 is 28.5 Å². The van der Waals surface area contributed by atoms with E-state index in [9.17, 15) is 19.0 Å². The van der Waals surface area contributed by atoms with Gasteiger partial charge in [0.2, 0.25) is 5.91 Å². The molecule has 3 unspecified atom stereocenters. The molecule has 0 aromatic carbocycles. The molecule has 0 radical (unpaired) electrons. The highest BCUT2D eigenvalue weighted by Crippen LogP contribution is 2.38. The molecule has 0 saturated carbocycles. The standard InChI is InChI=1S/C75H131N2O7P/c1-7-10-13-16-19-22-25-28-30-32-34-36-37-38-39-41-42-44-46-49-52-55-58-61-64-67-74(78)76-72(71-83-85(80,81)82-70-69-77(4,5)6)73(66-63-60-57-54-51-48-27-24-21-18-15-12-9-3)84-75(79)68-65-62-59-56-53-50-47-45-43-40-35-33-31-29-26-23-20-17-14-11-8-2/h10,13,19-20,22-23,28-31,34-36,38-40,42,44,63,66,72-73H,7-9,11-12,14-18,21,24-27,32-33,37,41,43,45-62,64-65,67-71H2,1-6H3,(H-,76,78,80,81)/b13-10-,22-19-,23-20-,30-28-,31-29-,36-34-,39-38-,40-35-,44-42-,66-63-. The van der Waals surface area contributed by atoms with Gasteiger partial charge in [-0.05, 0) is 122 Å². The molecule has 0 bridgehead atoms. The number of carbonyl (C=O) groups is 2. The number of hydrogen-bond acceptors (Lipinski definition) is 7. The van der Waals surface area contributed by atoms with Crippen molar-refractivity contribution in [1.82, 2.24) is 5.32 Å². The van der Waals surface area contributed by atoms with Crippen molar-refractivity contribution in [2.45, 2.75) is 303 Å². The number of carbonyl (C=O) groups excluding carboxylic acids is 2. The molecule has 10 heteroatoms. The van der Waals surface area contributed by atoms with E-state index in [2.05, 4.69) is 135 Å². The molecule has 0 aliphatic heterocycles. The molecule has 0 spiro atoms. The highest BCUT2D eigenvalue weighted by molar-refractivity contribution is 7.45. The number of phosphoric ester groups is 1. The molecule has 0 aliphatic carbocycles. The Kier molecular flexibility index (Phi) is 60.8. The minimum atomic E-state index is -4.72. The largest absolute Gasteiger partial charge is 0.756 e. The third-order valence-corrected chi connectivity index (χ3v) is 15.8. The van der Waals surface area contributed by atoms with Crippen molar-refractivity contribution in [2.75, 3.05) is 40.9 Å². The molecule has 1 N–H and O–H groups in total. The van der Waals surface area contributed by atoms with Crippen LogP contribution in [0.4, 0.5) is 0 Å². The zero-order valence-corrected chi connectivity index (χ0v) is 56.7. The number of unbranched alkanes of at least 4 members (excludes halogenated alkanes) is 28. The Bertz CT molecular complexity index is 1870. The van der Waals surface area contributed by atoms with E-state index in [4.69, 9.17) is 13.8 Å². The number of quaternary nitrogens is 1. The van der Waals surface area contributed by atoms with Crippen LogP contribution in [0.5, 0.6) is 0 Å². The van der Waals surface area contributed by atoms with Crippen LogP contribution in [-0.2, 0) is 27.9 Å². The normalized spacial score (nSPS) is 14.3. The van der Waals surface area contributed by atoms with Crippen LogP contribution in [0.15, 0.2) is 122 Å². The average molecular weight is 1200 g/mol. The minimum Gasteiger partial charge on any atom is -0.756 e. The van der Waals surface area contributed by atoms with Gasteiger partial charge in [-0.2, -0.15) is 0 Å². The lowest BCUT2D eigenvalue weighted by Gasteiger charge is -2.30. The van der Waals surface area contributed by atoms with Gasteiger partial charge in [-0.3, -0.25) is 14.2 Å². The maximum absolute atomic E-state index is 13.6. The lowest BCUT2D eigenvalue weighted by atomic mass is 10.0. The fourth-order valence-electron chi connectivity index (χ4n) is 9.53. The van der Waals surface area contributed by atoms with Gasteiger partial charge in [0.25, 0.3) is 7.82 Å². The lowest BCUT2D eigenvalue weighted by molar-refractivity contribution is -0.870. The number of likely N-dealkylation sites (N-methyl/N-ethyl adjacent to an activating group) is 1. The van der Waals surface area contributed by atoms with Crippen molar-refractivity contribution in [3.63, 3.8) is 0 Å². The van der Waals surface area contributed by atoms with E-state index in [1.807, 2.05) is 33.3 Å². The molecule has 0 saturated heterocycles. The highest BCUT2D eigenvalue weighted by atomic mass is 31.2. The summed E-state index contributed by atoms with van der Waals surface area (Å²) in [5.74, 6) is -0.568. The quantitative estimate of drug-likeness (QED) is 0.0212. The second-order valence-corrected chi connectivity index (χ2v) is 25.7. The van der Waals surface area contributed by atoms with Gasteiger partial charge in [0.1, 0.15) is 19.3 Å². The zero-order valence-electron chi connectivity index (χ0n) is 55.8. The Morgan fingerprint density at radius 3 is 1.15 bits per heavy atom. The van der Waals surface area contributed by atoms with Crippen molar-refractivity contribution in [3.05, 3.63) is 122 Å². The number of amides is 1. The van der Waals surface area contributed by atoms with Crippen molar-refractivity contribution < 1.29 is 37.3 Å². The molecule has 0 heterocycles. The SMILES string of the molecule is CC/C=C\C/C=C\C/C=C\C/C=C\C/C=C\C/C=C\CCCCCCCCC(=O)NC(COP(=O)([O-])OCC[N+](C)(C)C)C(/C=C\CCCCCCCCCCCCC)OC(=O)CCCCCCCCCC/C=C\C/C=C\C/C=C\CCCCC. The van der Waals surface area contributed by atoms with Gasteiger partial charge in [0.15, 0.2) is 0 Å². The minimum absolute atomic E-state index is 0.0328. The highest BCUT2D eigenvalue weighted by Gasteiger charge is 2.27. The summed E-state index contributed by atoms with van der Waals surface area (Å²) >= 11 is 0. The number of allylic oxidation sites excluding steroid dienone is 19. The molecular formula is C75H131N2O7P. The third kappa shape index (κ3) is 64.7. The number of ether oxygens (including phenoxy) is 1. The molecule has 85 heavy (non-hydrogen) atoms. The summed E-state index contributed by atoms with van der Waals surface area (Å²) in [6.45, 7) is 6.69. The molecule has 0 aliphatic rings. The van der Waals surface area contributed by atoms with Gasteiger partial charge in [-0.15, -0.1) is 0 Å². The molecule has 0 aromatic heterocycles. The maximum atomic E-state index is 13.6. The Morgan fingerprint density at radius 1 is 0.424 bits per heavy atom. The molecule has 9 nitrogen and oxygen atoms in total. The number of esters is 1. The van der Waals surface area contributed by atoms with Crippen LogP contribution in [0.25, 0.3) is 0 Å². The van der Waals surface area contributed by atoms with E-state index in [0.717, 1.165) is 135 Å². The monoisotopic (exact) mass is 1200 g/mol. The topological polar surface area (TPSA) is 114 Å². The summed E-state index contributed by atoms with van der Waals surface area (Å²) < 4.78 is 30.4. The molecular weight excluding hydrogens is 1070 g/mol. The van der Waals surface area contributed by atoms with E-state index < -0.39 is 26.6 Å². The molecule has 0 rings (SSSR count). The number of nitrogens with one attached hydrogen (secondary N) is 1. The predicted octanol–water partition coefficient (Wildman–Crippen LogP) is 21.6. The Labute approximate surface area is 524 Å². The van der Waals surface area contributed by atoms with E-state index >= 15 is 0 Å². The molecule has 0 fully saturated rings. The van der Waals surface area contributed by atoms with Crippen LogP contribution in [0.2, 0.25) is 0 Å². The summed E-state index contributed by atoms with van der Waals surface area (Å²) in [5.41, 5.74) is 0. The Balaban J connectivity index is 5.21. The first kappa shape index (κ1) is 81.4. The second-order valence-electron chi connectivity index (χ2n) is 24.3. The summed E-state index contributed by atoms with van der Waals surface area (Å²) in [5, 5.41) is 3.03. The van der Waals surface area contributed by atoms with Crippen LogP contribution in [0.1, 0.15) is 290 Å². The first-order chi connectivity index (χ1) is 41.4. The van der Waals surface area contributed by atoms with Gasteiger partial charge in [-0.1, -0.05) is 277 Å². The molecule has 3 atom stereocenters. The summed E-state index contributed by atoms with van der Waals surface area (Å²) in [7, 11) is 1.16. The second kappa shape index (κ2) is 63.4. The molecule has 1 amide bonds. The van der Waals surface area contributed by atoms with Gasteiger partial charge in [0, 0.05) is 12.8 Å². The number of nitrogens with zero attached hydrogens (tertiary/aromatic N) is 1. The number of phosphoric acid groups is 1. The van der Waals surface area contributed by atoms with Gasteiger partial charge in [0.05, 0.1) is 33.8 Å². The molecule has 488 valence electrons. The average Bonchev–Trinajstić information content (AvgIpc) is 3.64. The fraction of sp³-hybridized carbons (Fsp3) is 0.707. The van der Waals surface area contributed by atoms with Crippen LogP contribution in [-0.4, -0.2) is 69.4 Å². The summed E-state index contributed by atoms with van der Waals surface area (Å²) in [4.78, 5) is 40.2. The zero-order chi connectivity index (χ0) is 62.1. The van der Waals surface area contributed by atoms with Crippen LogP contribution >= 0.6 is 7.82 Å². The van der Waals surface area contributed by atoms with Gasteiger partial charge in [-0.25, -0.2) is 0 Å². The first-order valence-electron chi connectivity index (χ1n) is 34.8. The first-order valence-corrected chi connectivity index (χ1v) is 36.3. The molecule has 0 aromatic rings. The van der Waals surface area contributed by atoms with Crippen molar-refractivity contribution in [1.29, 1.82) is 0 Å². The Hall–Kier alpha value is -3.59. The van der Waals surface area contributed by atoms with E-state index in [1.165, 1.54) is 109 Å². The van der Waals surface area contributed by atoms with E-state index in [1.54, 1.807) is 0 Å². The number of hydrogen-bond donors (Lipinski definition) is 1. The van der Waals surface area contributed by atoms with Crippen LogP contribution in [0.3, 0.4) is 0 Å². The predicted molar refractivity (Wildman–Crippen MR) is 367 cm³/mol. The summed E-state index contributed by atoms with van der Waals surface area (Å²) in [6.07, 6.45) is 88.8. The third-order valence-electron chi connectivity index (χ3n) is 14.9. The van der Waals surface area contributed by atoms with E-state index in [0.29, 0.717) is 30.3 Å². The summed E-state index contributed by atoms with van der Waals surface area (Å²) in [6, 6.07) is -0.909. The van der Waals surface area contributed by atoms with Crippen LogP contribution < -0.4 is 10.2 Å². The number of rotatable bonds is 62. The fourth-order valence-corrected chi connectivity index (χ4v) is 10.3. The van der Waals surface area contributed by atoms with Crippen molar-refractivity contribution in [2.24, 2.45) is 0 Å². The Morgan fingerprint density at radius 2 is 0.753 bits per heavy atom. The van der Waals surface area contributed by atoms with E-state index in [-0.39, 0.29) is 24.9 Å². The van der Waals surface area contributed by atoms with Crippen LogP contribution in [0, 0.1) is 0 Å². The lowest BCUT2D eigenvalue weighted by Crippen LogP contribution is -2.47. The van der Waals surface area contributed by atoms with Crippen molar-refractivity contribution >= 4 is 19.7 Å². The maximum Gasteiger partial charge on any atom is 0.306 e.